The Kier molecular flexibility index (Phi) is 5.91. The Morgan fingerprint density at radius 1 is 1.02 bits per heavy atom. The molecule has 5 heterocycles. The number of aromatic nitrogens is 4. The Bertz CT molecular complexity index is 1900. The quantitative estimate of drug-likeness (QED) is 0.219. The van der Waals surface area contributed by atoms with Crippen molar-refractivity contribution in [1.29, 1.82) is 0 Å². The number of allylic oxidation sites excluding steroid dienone is 1. The first kappa shape index (κ1) is 24.9. The number of hydrogen-bond donors (Lipinski definition) is 2. The Labute approximate surface area is 234 Å². The Morgan fingerprint density at radius 2 is 1.93 bits per heavy atom. The third-order valence-electron chi connectivity index (χ3n) is 7.56. The molecule has 0 unspecified atom stereocenters. The van der Waals surface area contributed by atoms with Crippen LogP contribution in [0.1, 0.15) is 23.8 Å². The highest BCUT2D eigenvalue weighted by Crippen LogP contribution is 2.38. The zero-order valence-corrected chi connectivity index (χ0v) is 22.8. The van der Waals surface area contributed by atoms with Gasteiger partial charge in [0, 0.05) is 69.1 Å². The van der Waals surface area contributed by atoms with E-state index in [4.69, 9.17) is 0 Å². The first-order valence-electron chi connectivity index (χ1n) is 13.2. The van der Waals surface area contributed by atoms with Crippen molar-refractivity contribution in [2.45, 2.75) is 25.8 Å². The van der Waals surface area contributed by atoms with E-state index in [1.54, 1.807) is 22.4 Å². The first-order chi connectivity index (χ1) is 19.3. The van der Waals surface area contributed by atoms with Crippen molar-refractivity contribution in [3.63, 3.8) is 0 Å². The molecule has 0 atom stereocenters. The number of rotatable bonds is 6. The van der Waals surface area contributed by atoms with Crippen LogP contribution in [0, 0.1) is 0 Å². The van der Waals surface area contributed by atoms with Gasteiger partial charge in [-0.1, -0.05) is 24.8 Å². The lowest BCUT2D eigenvalue weighted by atomic mass is 10.0. The predicted octanol–water partition coefficient (Wildman–Crippen LogP) is 8.38. The number of nitrogens with zero attached hydrogens (tertiary/aromatic N) is 3. The van der Waals surface area contributed by atoms with Crippen molar-refractivity contribution in [3.05, 3.63) is 90.1 Å². The molecule has 7 rings (SSSR count). The molecule has 2 N–H and O–H groups in total. The lowest BCUT2D eigenvalue weighted by molar-refractivity contribution is 0.0115. The maximum absolute atomic E-state index is 13.7. The van der Waals surface area contributed by atoms with Crippen molar-refractivity contribution in [2.75, 3.05) is 13.1 Å². The minimum Gasteiger partial charge on any atom is -0.353 e. The summed E-state index contributed by atoms with van der Waals surface area (Å²) in [5, 5.41) is 9.97. The fourth-order valence-corrected chi connectivity index (χ4v) is 6.51. The molecule has 1 fully saturated rings. The van der Waals surface area contributed by atoms with Crippen molar-refractivity contribution in [3.8, 4) is 33.0 Å². The monoisotopic (exact) mass is 551 g/mol. The van der Waals surface area contributed by atoms with Crippen molar-refractivity contribution >= 4 is 38.7 Å². The van der Waals surface area contributed by atoms with Gasteiger partial charge in [-0.25, -0.2) is 8.78 Å². The summed E-state index contributed by atoms with van der Waals surface area (Å²) in [5.41, 5.74) is 8.88. The summed E-state index contributed by atoms with van der Waals surface area (Å²) in [7, 11) is 0. The number of halogens is 2. The molecule has 1 aliphatic rings. The van der Waals surface area contributed by atoms with Crippen LogP contribution >= 0.6 is 11.3 Å². The third-order valence-corrected chi connectivity index (χ3v) is 8.84. The summed E-state index contributed by atoms with van der Waals surface area (Å²) in [6, 6.07) is 21.0. The van der Waals surface area contributed by atoms with Gasteiger partial charge in [-0.05, 0) is 66.1 Å². The summed E-state index contributed by atoms with van der Waals surface area (Å²) in [6.45, 7) is 6.78. The van der Waals surface area contributed by atoms with Crippen LogP contribution in [0.25, 0.3) is 60.3 Å². The molecule has 0 saturated carbocycles. The van der Waals surface area contributed by atoms with Crippen molar-refractivity contribution in [2.24, 2.45) is 0 Å². The molecule has 4 aromatic heterocycles. The fourth-order valence-electron chi connectivity index (χ4n) is 5.54. The second-order valence-electron chi connectivity index (χ2n) is 10.6. The van der Waals surface area contributed by atoms with Gasteiger partial charge in [-0.2, -0.15) is 5.10 Å². The first-order valence-corrected chi connectivity index (χ1v) is 14.1. The average molecular weight is 552 g/mol. The van der Waals surface area contributed by atoms with Gasteiger partial charge in [0.2, 0.25) is 0 Å². The van der Waals surface area contributed by atoms with Crippen molar-refractivity contribution in [1.82, 2.24) is 25.1 Å². The van der Waals surface area contributed by atoms with Gasteiger partial charge in [-0.15, -0.1) is 11.3 Å². The number of alkyl halides is 2. The third kappa shape index (κ3) is 4.53. The molecule has 1 aliphatic heterocycles. The largest absolute Gasteiger partial charge is 0.353 e. The van der Waals surface area contributed by atoms with Crippen LogP contribution in [0.15, 0.2) is 79.6 Å². The SMILES string of the molecule is C=C(C)c1ccc(-c2cccc3[nH]c(-c4n[nH]c5ccc(-c6cncc(CN7CCC(F)(F)C7)c6)cc45)cc23)s1. The van der Waals surface area contributed by atoms with E-state index in [9.17, 15) is 8.78 Å². The number of benzene rings is 2. The number of thiophene rings is 1. The van der Waals surface area contributed by atoms with Crippen LogP contribution in [0.2, 0.25) is 0 Å². The molecule has 8 heteroatoms. The number of aromatic amines is 2. The molecule has 40 heavy (non-hydrogen) atoms. The molecular weight excluding hydrogens is 524 g/mol. The normalized spacial score (nSPS) is 15.4. The van der Waals surface area contributed by atoms with Gasteiger partial charge in [0.05, 0.1) is 17.8 Å². The number of H-pyrrole nitrogens is 2. The van der Waals surface area contributed by atoms with E-state index < -0.39 is 5.92 Å². The molecule has 0 aliphatic carbocycles. The molecule has 0 spiro atoms. The van der Waals surface area contributed by atoms with Crippen LogP contribution < -0.4 is 0 Å². The minimum absolute atomic E-state index is 0.0852. The maximum atomic E-state index is 13.7. The number of fused-ring (bicyclic) bond motifs is 2. The summed E-state index contributed by atoms with van der Waals surface area (Å²) in [6.07, 6.45) is 3.49. The van der Waals surface area contributed by atoms with E-state index in [0.717, 1.165) is 55.5 Å². The Hall–Kier alpha value is -4.14. The van der Waals surface area contributed by atoms with E-state index in [2.05, 4.69) is 69.2 Å². The molecule has 200 valence electrons. The zero-order valence-electron chi connectivity index (χ0n) is 22.0. The molecule has 5 nitrogen and oxygen atoms in total. The second-order valence-corrected chi connectivity index (χ2v) is 11.7. The smallest absolute Gasteiger partial charge is 0.261 e. The minimum atomic E-state index is -2.60. The van der Waals surface area contributed by atoms with Gasteiger partial charge in [-0.3, -0.25) is 15.0 Å². The lowest BCUT2D eigenvalue weighted by Crippen LogP contribution is -2.24. The Balaban J connectivity index is 1.24. The van der Waals surface area contributed by atoms with Gasteiger partial charge in [0.15, 0.2) is 0 Å². The molecular formula is C32H27F2N5S. The van der Waals surface area contributed by atoms with E-state index in [-0.39, 0.29) is 13.0 Å². The summed E-state index contributed by atoms with van der Waals surface area (Å²) < 4.78 is 27.3. The van der Waals surface area contributed by atoms with Crippen LogP contribution in [-0.4, -0.2) is 44.1 Å². The van der Waals surface area contributed by atoms with Crippen LogP contribution in [0.4, 0.5) is 8.78 Å². The molecule has 1 saturated heterocycles. The van der Waals surface area contributed by atoms with Gasteiger partial charge < -0.3 is 4.98 Å². The maximum Gasteiger partial charge on any atom is 0.261 e. The highest BCUT2D eigenvalue weighted by Gasteiger charge is 2.37. The molecule has 0 amide bonds. The van der Waals surface area contributed by atoms with Crippen LogP contribution in [0.5, 0.6) is 0 Å². The van der Waals surface area contributed by atoms with Crippen LogP contribution in [0.3, 0.4) is 0 Å². The summed E-state index contributed by atoms with van der Waals surface area (Å²) in [5.74, 6) is -2.60. The zero-order chi connectivity index (χ0) is 27.4. The van der Waals surface area contributed by atoms with Crippen LogP contribution in [-0.2, 0) is 6.54 Å². The number of pyridine rings is 1. The second kappa shape index (κ2) is 9.50. The molecule has 6 aromatic rings. The Morgan fingerprint density at radius 3 is 2.73 bits per heavy atom. The highest BCUT2D eigenvalue weighted by molar-refractivity contribution is 7.16. The summed E-state index contributed by atoms with van der Waals surface area (Å²) in [4.78, 5) is 12.2. The number of likely N-dealkylation sites (tertiary alicyclic amines) is 1. The topological polar surface area (TPSA) is 60.6 Å². The van der Waals surface area contributed by atoms with E-state index in [0.29, 0.717) is 13.1 Å². The van der Waals surface area contributed by atoms with Gasteiger partial charge in [0.1, 0.15) is 5.69 Å². The number of hydrogen-bond acceptors (Lipinski definition) is 4. The van der Waals surface area contributed by atoms with Crippen molar-refractivity contribution < 1.29 is 8.78 Å². The van der Waals surface area contributed by atoms with Gasteiger partial charge >= 0.3 is 0 Å². The van der Waals surface area contributed by atoms with E-state index in [1.807, 2.05) is 31.3 Å². The molecule has 2 aromatic carbocycles. The average Bonchev–Trinajstić information content (AvgIpc) is 3.73. The molecule has 0 bridgehead atoms. The predicted molar refractivity (Wildman–Crippen MR) is 159 cm³/mol. The highest BCUT2D eigenvalue weighted by atomic mass is 32.1. The molecule has 0 radical (unpaired) electrons. The fraction of sp³-hybridized carbons (Fsp3) is 0.188. The lowest BCUT2D eigenvalue weighted by Gasteiger charge is -2.15. The standard InChI is InChI=1S/C32H27F2N5S/c1-19(2)29-8-9-30(40-29)23-4-3-5-26-24(23)14-28(36-26)31-25-13-21(6-7-27(25)37-38-31)22-12-20(15-35-16-22)17-39-11-10-32(33,34)18-39/h3-9,12-16,36H,1,10-11,17-18H2,2H3,(H,37,38). The van der Waals surface area contributed by atoms with Gasteiger partial charge in [0.25, 0.3) is 5.92 Å². The van der Waals surface area contributed by atoms with E-state index in [1.165, 1.54) is 15.3 Å². The van der Waals surface area contributed by atoms with E-state index >= 15 is 0 Å². The number of nitrogens with one attached hydrogen (secondary N) is 2. The summed E-state index contributed by atoms with van der Waals surface area (Å²) >= 11 is 1.75.